The van der Waals surface area contributed by atoms with Crippen LogP contribution < -0.4 is 10.4 Å². The molecule has 1 amide bonds. The zero-order chi connectivity index (χ0) is 21.7. The summed E-state index contributed by atoms with van der Waals surface area (Å²) in [6.07, 6.45) is 1.60. The summed E-state index contributed by atoms with van der Waals surface area (Å²) < 4.78 is 20.1. The quantitative estimate of drug-likeness (QED) is 0.649. The van der Waals surface area contributed by atoms with Gasteiger partial charge in [-0.3, -0.25) is 19.3 Å². The molecule has 4 heterocycles. The van der Waals surface area contributed by atoms with Crippen LogP contribution >= 0.6 is 11.3 Å². The van der Waals surface area contributed by atoms with E-state index in [2.05, 4.69) is 10.2 Å². The topological polar surface area (TPSA) is 101 Å². The van der Waals surface area contributed by atoms with Gasteiger partial charge in [0, 0.05) is 26.2 Å². The third-order valence-corrected chi connectivity index (χ3v) is 6.42. The van der Waals surface area contributed by atoms with Crippen LogP contribution in [0.2, 0.25) is 0 Å². The number of likely N-dealkylation sites (N-methyl/N-ethyl adjacent to an activating group) is 1. The first-order chi connectivity index (χ1) is 14.9. The van der Waals surface area contributed by atoms with Crippen LogP contribution in [0, 0.1) is 5.82 Å². The number of amides is 1. The molecule has 2 aromatic heterocycles. The Hall–Kier alpha value is -3.31. The Labute approximate surface area is 179 Å². The second-order valence-corrected chi connectivity index (χ2v) is 8.41. The number of halogens is 1. The Kier molecular flexibility index (Phi) is 4.71. The van der Waals surface area contributed by atoms with E-state index in [1.54, 1.807) is 29.1 Å². The molecule has 160 valence electrons. The largest absolute Gasteiger partial charge is 0.502 e. The summed E-state index contributed by atoms with van der Waals surface area (Å²) in [5.41, 5.74) is 0.250. The van der Waals surface area contributed by atoms with E-state index in [4.69, 9.17) is 4.74 Å². The number of hydrogen-bond acceptors (Lipinski definition) is 8. The normalized spacial score (nSPS) is 18.1. The fourth-order valence-electron chi connectivity index (χ4n) is 3.82. The summed E-state index contributed by atoms with van der Waals surface area (Å²) in [4.78, 5) is 27.4. The van der Waals surface area contributed by atoms with Gasteiger partial charge in [-0.15, -0.1) is 10.2 Å². The van der Waals surface area contributed by atoms with Crippen LogP contribution in [0.1, 0.15) is 21.1 Å². The summed E-state index contributed by atoms with van der Waals surface area (Å²) in [7, 11) is 1.76. The van der Waals surface area contributed by atoms with Gasteiger partial charge in [0.2, 0.25) is 5.43 Å². The number of rotatable bonds is 3. The number of fused-ring (bicyclic) bond motifs is 2. The van der Waals surface area contributed by atoms with Crippen LogP contribution in [0.3, 0.4) is 0 Å². The molecular weight excluding hydrogens is 425 g/mol. The summed E-state index contributed by atoms with van der Waals surface area (Å²) in [5.74, 6) is -1.35. The second kappa shape index (κ2) is 7.43. The minimum absolute atomic E-state index is 0.0783. The molecule has 1 atom stereocenters. The maximum Gasteiger partial charge on any atom is 0.278 e. The molecule has 1 fully saturated rings. The fourth-order valence-corrected chi connectivity index (χ4v) is 4.70. The molecule has 1 aromatic carbocycles. The highest BCUT2D eigenvalue weighted by atomic mass is 32.1. The lowest BCUT2D eigenvalue weighted by Crippen LogP contribution is -2.64. The zero-order valence-electron chi connectivity index (χ0n) is 16.5. The van der Waals surface area contributed by atoms with Crippen molar-refractivity contribution >= 4 is 17.2 Å². The molecule has 5 rings (SSSR count). The highest BCUT2D eigenvalue weighted by Gasteiger charge is 2.40. The number of aromatic nitrogens is 3. The van der Waals surface area contributed by atoms with Gasteiger partial charge in [0.1, 0.15) is 17.0 Å². The van der Waals surface area contributed by atoms with Gasteiger partial charge in [-0.1, -0.05) is 23.5 Å². The molecule has 0 aliphatic carbocycles. The maximum atomic E-state index is 13.1. The van der Waals surface area contributed by atoms with Crippen molar-refractivity contribution in [2.75, 3.05) is 31.8 Å². The SMILES string of the molecule is CN1[C@@H]2COCCN2C(=O)c2c(O)c(=O)c(-c3nnc(Cc4ccc(F)cc4)s3)cn21. The van der Waals surface area contributed by atoms with E-state index in [1.165, 1.54) is 34.3 Å². The minimum Gasteiger partial charge on any atom is -0.502 e. The lowest BCUT2D eigenvalue weighted by Gasteiger charge is -2.46. The maximum absolute atomic E-state index is 13.1. The first-order valence-electron chi connectivity index (χ1n) is 9.61. The first-order valence-corrected chi connectivity index (χ1v) is 10.4. The second-order valence-electron chi connectivity index (χ2n) is 7.35. The van der Waals surface area contributed by atoms with E-state index < -0.39 is 17.1 Å². The molecule has 2 aliphatic heterocycles. The first kappa shape index (κ1) is 19.6. The summed E-state index contributed by atoms with van der Waals surface area (Å²) in [5, 5.41) is 21.6. The van der Waals surface area contributed by atoms with E-state index in [9.17, 15) is 19.1 Å². The zero-order valence-corrected chi connectivity index (χ0v) is 17.3. The molecule has 0 spiro atoms. The van der Waals surface area contributed by atoms with E-state index in [-0.39, 0.29) is 23.2 Å². The minimum atomic E-state index is -0.677. The van der Waals surface area contributed by atoms with Crippen molar-refractivity contribution in [3.63, 3.8) is 0 Å². The Morgan fingerprint density at radius 2 is 2.03 bits per heavy atom. The average Bonchev–Trinajstić information content (AvgIpc) is 3.23. The van der Waals surface area contributed by atoms with Crippen LogP contribution in [0.5, 0.6) is 5.75 Å². The van der Waals surface area contributed by atoms with Crippen molar-refractivity contribution in [1.29, 1.82) is 0 Å². The fraction of sp³-hybridized carbons (Fsp3) is 0.300. The van der Waals surface area contributed by atoms with Crippen LogP contribution in [0.4, 0.5) is 4.39 Å². The molecule has 9 nitrogen and oxygen atoms in total. The van der Waals surface area contributed by atoms with Gasteiger partial charge in [0.05, 0.1) is 18.8 Å². The Bertz CT molecular complexity index is 1230. The van der Waals surface area contributed by atoms with Crippen molar-refractivity contribution in [2.45, 2.75) is 12.6 Å². The van der Waals surface area contributed by atoms with Crippen molar-refractivity contribution in [3.8, 4) is 16.3 Å². The summed E-state index contributed by atoms with van der Waals surface area (Å²) in [6, 6.07) is 6.07. The number of nitrogens with zero attached hydrogens (tertiary/aromatic N) is 5. The van der Waals surface area contributed by atoms with Gasteiger partial charge in [-0.05, 0) is 17.7 Å². The van der Waals surface area contributed by atoms with Gasteiger partial charge >= 0.3 is 0 Å². The Morgan fingerprint density at radius 1 is 1.26 bits per heavy atom. The third kappa shape index (κ3) is 3.26. The number of carbonyl (C=O) groups excluding carboxylic acids is 1. The molecule has 0 bridgehead atoms. The number of ether oxygens (including phenoxy) is 1. The van der Waals surface area contributed by atoms with Crippen molar-refractivity contribution < 1.29 is 19.0 Å². The lowest BCUT2D eigenvalue weighted by atomic mass is 10.1. The Balaban J connectivity index is 1.53. The molecule has 1 saturated heterocycles. The predicted molar refractivity (Wildman–Crippen MR) is 110 cm³/mol. The van der Waals surface area contributed by atoms with Crippen molar-refractivity contribution in [1.82, 2.24) is 19.8 Å². The molecule has 0 radical (unpaired) electrons. The van der Waals surface area contributed by atoms with E-state index in [1.807, 2.05) is 0 Å². The van der Waals surface area contributed by atoms with Gasteiger partial charge in [-0.2, -0.15) is 0 Å². The monoisotopic (exact) mass is 443 g/mol. The predicted octanol–water partition coefficient (Wildman–Crippen LogP) is 1.18. The number of hydrogen-bond donors (Lipinski definition) is 1. The number of carbonyl (C=O) groups is 1. The van der Waals surface area contributed by atoms with Crippen LogP contribution in [0.25, 0.3) is 10.6 Å². The third-order valence-electron chi connectivity index (χ3n) is 5.47. The highest BCUT2D eigenvalue weighted by Crippen LogP contribution is 2.29. The van der Waals surface area contributed by atoms with Gasteiger partial charge in [0.15, 0.2) is 16.5 Å². The van der Waals surface area contributed by atoms with E-state index in [0.717, 1.165) is 5.56 Å². The van der Waals surface area contributed by atoms with Crippen LogP contribution in [-0.4, -0.2) is 63.8 Å². The van der Waals surface area contributed by atoms with Crippen LogP contribution in [0.15, 0.2) is 35.3 Å². The standard InChI is InChI=1S/C20H18FN5O4S/c1-24-15-10-30-7-6-25(15)20(29)16-18(28)17(27)13(9-26(16)24)19-23-22-14(31-19)8-11-2-4-12(21)5-3-11/h2-5,9,15,28H,6-8,10H2,1H3/t15-/m0/s1. The van der Waals surface area contributed by atoms with E-state index in [0.29, 0.717) is 36.2 Å². The van der Waals surface area contributed by atoms with Crippen molar-refractivity contribution in [3.05, 3.63) is 62.8 Å². The van der Waals surface area contributed by atoms with Crippen LogP contribution in [-0.2, 0) is 11.2 Å². The van der Waals surface area contributed by atoms with Crippen molar-refractivity contribution in [2.24, 2.45) is 0 Å². The van der Waals surface area contributed by atoms with Gasteiger partial charge < -0.3 is 14.7 Å². The molecule has 1 N–H and O–H groups in total. The molecule has 31 heavy (non-hydrogen) atoms. The average molecular weight is 443 g/mol. The number of benzene rings is 1. The molecule has 3 aromatic rings. The summed E-state index contributed by atoms with van der Waals surface area (Å²) >= 11 is 1.20. The molecular formula is C20H18FN5O4S. The smallest absolute Gasteiger partial charge is 0.278 e. The highest BCUT2D eigenvalue weighted by molar-refractivity contribution is 7.14. The lowest BCUT2D eigenvalue weighted by molar-refractivity contribution is -0.0149. The van der Waals surface area contributed by atoms with Gasteiger partial charge in [-0.25, -0.2) is 4.39 Å². The molecule has 0 saturated carbocycles. The summed E-state index contributed by atoms with van der Waals surface area (Å²) in [6.45, 7) is 1.11. The molecule has 2 aliphatic rings. The van der Waals surface area contributed by atoms with E-state index >= 15 is 0 Å². The number of morpholine rings is 1. The number of pyridine rings is 1. The molecule has 11 heteroatoms. The Morgan fingerprint density at radius 3 is 2.81 bits per heavy atom. The van der Waals surface area contributed by atoms with Gasteiger partial charge in [0.25, 0.3) is 5.91 Å². The molecule has 0 unspecified atom stereocenters. The number of aromatic hydroxyl groups is 1.